The summed E-state index contributed by atoms with van der Waals surface area (Å²) in [6.45, 7) is 5.95. The van der Waals surface area contributed by atoms with Crippen LogP contribution in [0, 0.1) is 12.8 Å². The van der Waals surface area contributed by atoms with Gasteiger partial charge in [0.15, 0.2) is 0 Å². The third-order valence-electron chi connectivity index (χ3n) is 3.02. The standard InChI is InChI=1S/C11H18N4/c1-8-5-13-11(14-6-8)15-7-10(4-12)3-9(15)2/h5-6,9-10H,3-4,7,12H2,1-2H3. The summed E-state index contributed by atoms with van der Waals surface area (Å²) < 4.78 is 0. The Morgan fingerprint density at radius 1 is 1.47 bits per heavy atom. The lowest BCUT2D eigenvalue weighted by atomic mass is 10.1. The molecule has 82 valence electrons. The van der Waals surface area contributed by atoms with Crippen molar-refractivity contribution in [2.45, 2.75) is 26.3 Å². The van der Waals surface area contributed by atoms with Crippen LogP contribution >= 0.6 is 0 Å². The highest BCUT2D eigenvalue weighted by Gasteiger charge is 2.29. The van der Waals surface area contributed by atoms with E-state index in [1.165, 1.54) is 0 Å². The van der Waals surface area contributed by atoms with Gasteiger partial charge in [0.05, 0.1) is 0 Å². The summed E-state index contributed by atoms with van der Waals surface area (Å²) in [4.78, 5) is 11.0. The fourth-order valence-corrected chi connectivity index (χ4v) is 2.13. The Bertz CT molecular complexity index is 322. The molecule has 1 aromatic rings. The highest BCUT2D eigenvalue weighted by atomic mass is 15.3. The SMILES string of the molecule is Cc1cnc(N2CC(CN)CC2C)nc1. The molecule has 1 aliphatic heterocycles. The Hall–Kier alpha value is -1.16. The summed E-state index contributed by atoms with van der Waals surface area (Å²) in [5, 5.41) is 0. The number of nitrogens with zero attached hydrogens (tertiary/aromatic N) is 3. The topological polar surface area (TPSA) is 55.0 Å². The van der Waals surface area contributed by atoms with E-state index in [0.29, 0.717) is 12.0 Å². The number of aryl methyl sites for hydroxylation is 1. The molecule has 15 heavy (non-hydrogen) atoms. The lowest BCUT2D eigenvalue weighted by molar-refractivity contribution is 0.579. The largest absolute Gasteiger partial charge is 0.338 e. The van der Waals surface area contributed by atoms with Crippen LogP contribution in [0.2, 0.25) is 0 Å². The van der Waals surface area contributed by atoms with Crippen molar-refractivity contribution in [1.82, 2.24) is 9.97 Å². The van der Waals surface area contributed by atoms with Crippen LogP contribution in [-0.2, 0) is 0 Å². The van der Waals surface area contributed by atoms with Gasteiger partial charge < -0.3 is 10.6 Å². The van der Waals surface area contributed by atoms with E-state index in [0.717, 1.165) is 31.0 Å². The van der Waals surface area contributed by atoms with Crippen molar-refractivity contribution in [3.8, 4) is 0 Å². The van der Waals surface area contributed by atoms with Crippen LogP contribution in [0.25, 0.3) is 0 Å². The van der Waals surface area contributed by atoms with Crippen molar-refractivity contribution in [3.05, 3.63) is 18.0 Å². The van der Waals surface area contributed by atoms with Gasteiger partial charge >= 0.3 is 0 Å². The van der Waals surface area contributed by atoms with Gasteiger partial charge in [0.25, 0.3) is 0 Å². The average molecular weight is 206 g/mol. The second-order valence-corrected chi connectivity index (χ2v) is 4.40. The predicted molar refractivity (Wildman–Crippen MR) is 60.7 cm³/mol. The number of hydrogen-bond donors (Lipinski definition) is 1. The number of rotatable bonds is 2. The van der Waals surface area contributed by atoms with Gasteiger partial charge in [-0.1, -0.05) is 0 Å². The normalized spacial score (nSPS) is 25.9. The molecular formula is C11H18N4. The second-order valence-electron chi connectivity index (χ2n) is 4.40. The summed E-state index contributed by atoms with van der Waals surface area (Å²) >= 11 is 0. The van der Waals surface area contributed by atoms with Crippen LogP contribution in [0.1, 0.15) is 18.9 Å². The van der Waals surface area contributed by atoms with Crippen molar-refractivity contribution in [3.63, 3.8) is 0 Å². The van der Waals surface area contributed by atoms with Gasteiger partial charge in [-0.25, -0.2) is 9.97 Å². The number of anilines is 1. The fourth-order valence-electron chi connectivity index (χ4n) is 2.13. The first-order valence-corrected chi connectivity index (χ1v) is 5.46. The van der Waals surface area contributed by atoms with E-state index in [1.807, 2.05) is 19.3 Å². The van der Waals surface area contributed by atoms with Crippen LogP contribution in [0.3, 0.4) is 0 Å². The van der Waals surface area contributed by atoms with Gasteiger partial charge in [-0.2, -0.15) is 0 Å². The summed E-state index contributed by atoms with van der Waals surface area (Å²) in [7, 11) is 0. The van der Waals surface area contributed by atoms with E-state index in [-0.39, 0.29) is 0 Å². The summed E-state index contributed by atoms with van der Waals surface area (Å²) in [5.74, 6) is 1.42. The molecule has 2 N–H and O–H groups in total. The third-order valence-corrected chi connectivity index (χ3v) is 3.02. The maximum atomic E-state index is 5.69. The number of hydrogen-bond acceptors (Lipinski definition) is 4. The molecule has 2 rings (SSSR count). The highest BCUT2D eigenvalue weighted by Crippen LogP contribution is 2.25. The van der Waals surface area contributed by atoms with E-state index in [9.17, 15) is 0 Å². The zero-order valence-corrected chi connectivity index (χ0v) is 9.35. The molecule has 2 heterocycles. The Morgan fingerprint density at radius 3 is 2.67 bits per heavy atom. The monoisotopic (exact) mass is 206 g/mol. The first-order valence-electron chi connectivity index (χ1n) is 5.46. The van der Waals surface area contributed by atoms with Crippen LogP contribution in [0.15, 0.2) is 12.4 Å². The van der Waals surface area contributed by atoms with Crippen LogP contribution in [0.5, 0.6) is 0 Å². The highest BCUT2D eigenvalue weighted by molar-refractivity contribution is 5.33. The van der Waals surface area contributed by atoms with Gasteiger partial charge in [-0.3, -0.25) is 0 Å². The van der Waals surface area contributed by atoms with Gasteiger partial charge in [0.1, 0.15) is 0 Å². The van der Waals surface area contributed by atoms with Gasteiger partial charge in [-0.05, 0) is 38.3 Å². The minimum atomic E-state index is 0.501. The molecule has 1 saturated heterocycles. The average Bonchev–Trinajstić information content (AvgIpc) is 2.61. The lowest BCUT2D eigenvalue weighted by Gasteiger charge is -2.20. The lowest BCUT2D eigenvalue weighted by Crippen LogP contribution is -2.29. The van der Waals surface area contributed by atoms with Gasteiger partial charge in [0.2, 0.25) is 5.95 Å². The first-order chi connectivity index (χ1) is 7.20. The molecule has 0 amide bonds. The van der Waals surface area contributed by atoms with Crippen molar-refractivity contribution in [1.29, 1.82) is 0 Å². The fraction of sp³-hybridized carbons (Fsp3) is 0.636. The van der Waals surface area contributed by atoms with Crippen LogP contribution < -0.4 is 10.6 Å². The Labute approximate surface area is 90.5 Å². The minimum absolute atomic E-state index is 0.501. The van der Waals surface area contributed by atoms with E-state index in [1.54, 1.807) is 0 Å². The number of aromatic nitrogens is 2. The van der Waals surface area contributed by atoms with E-state index < -0.39 is 0 Å². The summed E-state index contributed by atoms with van der Waals surface area (Å²) in [6, 6.07) is 0.501. The maximum absolute atomic E-state index is 5.69. The van der Waals surface area contributed by atoms with Crippen molar-refractivity contribution in [2.24, 2.45) is 11.7 Å². The summed E-state index contributed by atoms with van der Waals surface area (Å²) in [5.41, 5.74) is 6.79. The second kappa shape index (κ2) is 4.14. The zero-order chi connectivity index (χ0) is 10.8. The molecule has 4 nitrogen and oxygen atoms in total. The smallest absolute Gasteiger partial charge is 0.225 e. The van der Waals surface area contributed by atoms with E-state index in [2.05, 4.69) is 21.8 Å². The molecule has 0 aromatic carbocycles. The van der Waals surface area contributed by atoms with Crippen molar-refractivity contribution in [2.75, 3.05) is 18.0 Å². The van der Waals surface area contributed by atoms with E-state index in [4.69, 9.17) is 5.73 Å². The quantitative estimate of drug-likeness (QED) is 0.783. The Morgan fingerprint density at radius 2 is 2.13 bits per heavy atom. The van der Waals surface area contributed by atoms with Gasteiger partial charge in [0, 0.05) is 25.0 Å². The van der Waals surface area contributed by atoms with Crippen molar-refractivity contribution < 1.29 is 0 Å². The molecule has 0 saturated carbocycles. The first kappa shape index (κ1) is 10.4. The minimum Gasteiger partial charge on any atom is -0.338 e. The van der Waals surface area contributed by atoms with Crippen LogP contribution in [0.4, 0.5) is 5.95 Å². The molecule has 0 spiro atoms. The maximum Gasteiger partial charge on any atom is 0.225 e. The number of nitrogens with two attached hydrogens (primary N) is 1. The zero-order valence-electron chi connectivity index (χ0n) is 9.35. The molecule has 4 heteroatoms. The Kier molecular flexibility index (Phi) is 2.86. The Balaban J connectivity index is 2.14. The summed E-state index contributed by atoms with van der Waals surface area (Å²) in [6.07, 6.45) is 4.88. The van der Waals surface area contributed by atoms with Crippen LogP contribution in [-0.4, -0.2) is 29.1 Å². The molecule has 1 aromatic heterocycles. The molecule has 0 bridgehead atoms. The van der Waals surface area contributed by atoms with Gasteiger partial charge in [-0.15, -0.1) is 0 Å². The molecule has 0 radical (unpaired) electrons. The molecule has 0 aliphatic carbocycles. The predicted octanol–water partition coefficient (Wildman–Crippen LogP) is 0.959. The molecule has 2 unspecified atom stereocenters. The molecule has 1 aliphatic rings. The molecule has 2 atom stereocenters. The molecule has 1 fully saturated rings. The molecular weight excluding hydrogens is 188 g/mol. The van der Waals surface area contributed by atoms with E-state index >= 15 is 0 Å². The van der Waals surface area contributed by atoms with Crippen molar-refractivity contribution >= 4 is 5.95 Å². The third kappa shape index (κ3) is 2.09.